The third-order valence-corrected chi connectivity index (χ3v) is 4.67. The van der Waals surface area contributed by atoms with Gasteiger partial charge in [-0.05, 0) is 36.6 Å². The zero-order chi connectivity index (χ0) is 17.2. The maximum Gasteiger partial charge on any atom is 0.251 e. The Hall–Kier alpha value is -2.51. The predicted molar refractivity (Wildman–Crippen MR) is 90.7 cm³/mol. The maximum absolute atomic E-state index is 12.4. The number of rotatable bonds is 5. The largest absolute Gasteiger partial charge is 0.421 e. The molecule has 2 N–H and O–H groups in total. The molecule has 1 unspecified atom stereocenters. The Morgan fingerprint density at radius 1 is 1.33 bits per heavy atom. The molecule has 0 saturated heterocycles. The summed E-state index contributed by atoms with van der Waals surface area (Å²) < 4.78 is 5.37. The van der Waals surface area contributed by atoms with Gasteiger partial charge in [0.1, 0.15) is 5.60 Å². The third kappa shape index (κ3) is 3.52. The van der Waals surface area contributed by atoms with Crippen molar-refractivity contribution in [3.8, 4) is 11.5 Å². The molecule has 6 nitrogen and oxygen atoms in total. The summed E-state index contributed by atoms with van der Waals surface area (Å²) in [7, 11) is 0. The molecule has 1 amide bonds. The Morgan fingerprint density at radius 2 is 2.17 bits per heavy atom. The average molecular weight is 343 g/mol. The smallest absolute Gasteiger partial charge is 0.251 e. The number of nitrogens with one attached hydrogen (secondary N) is 1. The summed E-state index contributed by atoms with van der Waals surface area (Å²) in [6.45, 7) is 3.51. The van der Waals surface area contributed by atoms with Crippen LogP contribution in [0.1, 0.15) is 28.0 Å². The lowest BCUT2D eigenvalue weighted by Gasteiger charge is -2.22. The minimum absolute atomic E-state index is 0.121. The van der Waals surface area contributed by atoms with Crippen LogP contribution in [0.2, 0.25) is 0 Å². The van der Waals surface area contributed by atoms with Crippen molar-refractivity contribution in [1.82, 2.24) is 15.5 Å². The second-order valence-corrected chi connectivity index (χ2v) is 6.59. The molecule has 0 aliphatic carbocycles. The van der Waals surface area contributed by atoms with Crippen LogP contribution < -0.4 is 5.32 Å². The molecular formula is C17H17N3O3S. The molecule has 0 aliphatic heterocycles. The molecule has 2 heterocycles. The highest BCUT2D eigenvalue weighted by Crippen LogP contribution is 2.24. The van der Waals surface area contributed by atoms with Gasteiger partial charge in [-0.15, -0.1) is 21.5 Å². The van der Waals surface area contributed by atoms with Gasteiger partial charge in [-0.3, -0.25) is 4.79 Å². The minimum Gasteiger partial charge on any atom is -0.421 e. The van der Waals surface area contributed by atoms with E-state index in [2.05, 4.69) is 15.5 Å². The number of hydrogen-bond donors (Lipinski definition) is 2. The molecule has 0 saturated carbocycles. The van der Waals surface area contributed by atoms with E-state index in [0.717, 1.165) is 4.88 Å². The highest BCUT2D eigenvalue weighted by molar-refractivity contribution is 7.10. The van der Waals surface area contributed by atoms with Crippen molar-refractivity contribution in [2.75, 3.05) is 6.54 Å². The van der Waals surface area contributed by atoms with Crippen molar-refractivity contribution in [2.24, 2.45) is 0 Å². The van der Waals surface area contributed by atoms with Gasteiger partial charge in [0.2, 0.25) is 11.8 Å². The van der Waals surface area contributed by atoms with Gasteiger partial charge in [-0.25, -0.2) is 0 Å². The minimum atomic E-state index is -1.11. The number of aliphatic hydroxyl groups is 1. The first-order valence-corrected chi connectivity index (χ1v) is 8.29. The molecule has 0 spiro atoms. The summed E-state index contributed by atoms with van der Waals surface area (Å²) >= 11 is 1.45. The number of carbonyl (C=O) groups excluding carboxylic acids is 1. The SMILES string of the molecule is Cc1nnc(-c2cccc(C(=O)NCC(C)(O)c3cccs3)c2)o1. The van der Waals surface area contributed by atoms with E-state index in [0.29, 0.717) is 22.9 Å². The van der Waals surface area contributed by atoms with E-state index < -0.39 is 5.60 Å². The zero-order valence-corrected chi connectivity index (χ0v) is 14.1. The van der Waals surface area contributed by atoms with E-state index in [4.69, 9.17) is 4.42 Å². The summed E-state index contributed by atoms with van der Waals surface area (Å²) in [5.74, 6) is 0.560. The second-order valence-electron chi connectivity index (χ2n) is 5.64. The maximum atomic E-state index is 12.4. The van der Waals surface area contributed by atoms with Crippen molar-refractivity contribution in [3.05, 3.63) is 58.1 Å². The summed E-state index contributed by atoms with van der Waals surface area (Å²) in [6, 6.07) is 10.6. The first-order valence-electron chi connectivity index (χ1n) is 7.41. The molecule has 3 aromatic rings. The Morgan fingerprint density at radius 3 is 2.83 bits per heavy atom. The van der Waals surface area contributed by atoms with Gasteiger partial charge >= 0.3 is 0 Å². The highest BCUT2D eigenvalue weighted by Gasteiger charge is 2.25. The normalized spacial score (nSPS) is 13.5. The fourth-order valence-electron chi connectivity index (χ4n) is 2.23. The number of nitrogens with zero attached hydrogens (tertiary/aromatic N) is 2. The predicted octanol–water partition coefficient (Wildman–Crippen LogP) is 2.74. The molecule has 124 valence electrons. The zero-order valence-electron chi connectivity index (χ0n) is 13.3. The van der Waals surface area contributed by atoms with E-state index in [-0.39, 0.29) is 12.5 Å². The number of aromatic nitrogens is 2. The van der Waals surface area contributed by atoms with E-state index in [1.807, 2.05) is 17.5 Å². The van der Waals surface area contributed by atoms with Gasteiger partial charge in [0, 0.05) is 22.9 Å². The van der Waals surface area contributed by atoms with Crippen LogP contribution in [0.4, 0.5) is 0 Å². The molecule has 0 radical (unpaired) electrons. The van der Waals surface area contributed by atoms with Gasteiger partial charge in [0.05, 0.1) is 6.54 Å². The number of benzene rings is 1. The first-order chi connectivity index (χ1) is 11.5. The van der Waals surface area contributed by atoms with Crippen molar-refractivity contribution in [3.63, 3.8) is 0 Å². The Labute approximate surface area is 143 Å². The fourth-order valence-corrected chi connectivity index (χ4v) is 3.02. The summed E-state index contributed by atoms with van der Waals surface area (Å²) in [4.78, 5) is 13.2. The van der Waals surface area contributed by atoms with Crippen molar-refractivity contribution < 1.29 is 14.3 Å². The number of hydrogen-bond acceptors (Lipinski definition) is 6. The molecule has 2 aromatic heterocycles. The first kappa shape index (κ1) is 16.4. The van der Waals surface area contributed by atoms with Gasteiger partial charge in [0.25, 0.3) is 5.91 Å². The molecule has 1 atom stereocenters. The van der Waals surface area contributed by atoms with Gasteiger partial charge in [-0.1, -0.05) is 12.1 Å². The molecule has 1 aromatic carbocycles. The third-order valence-electron chi connectivity index (χ3n) is 3.54. The van der Waals surface area contributed by atoms with E-state index in [1.54, 1.807) is 38.1 Å². The van der Waals surface area contributed by atoms with Crippen LogP contribution in [0, 0.1) is 6.92 Å². The van der Waals surface area contributed by atoms with Crippen LogP contribution in [0.5, 0.6) is 0 Å². The summed E-state index contributed by atoms with van der Waals surface area (Å²) in [5.41, 5.74) is 0.0315. The standard InChI is InChI=1S/C17H17N3O3S/c1-11-19-20-16(23-11)13-6-3-5-12(9-13)15(21)18-10-17(2,22)14-7-4-8-24-14/h3-9,22H,10H2,1-2H3,(H,18,21). The van der Waals surface area contributed by atoms with E-state index in [9.17, 15) is 9.90 Å². The number of thiophene rings is 1. The molecule has 7 heteroatoms. The number of carbonyl (C=O) groups is 1. The lowest BCUT2D eigenvalue weighted by molar-refractivity contribution is 0.0557. The van der Waals surface area contributed by atoms with Crippen LogP contribution in [-0.2, 0) is 5.60 Å². The van der Waals surface area contributed by atoms with Gasteiger partial charge < -0.3 is 14.8 Å². The highest BCUT2D eigenvalue weighted by atomic mass is 32.1. The Balaban J connectivity index is 1.71. The van der Waals surface area contributed by atoms with Gasteiger partial charge in [-0.2, -0.15) is 0 Å². The van der Waals surface area contributed by atoms with Gasteiger partial charge in [0.15, 0.2) is 0 Å². The van der Waals surface area contributed by atoms with Crippen LogP contribution in [0.15, 0.2) is 46.2 Å². The number of amides is 1. The van der Waals surface area contributed by atoms with Crippen molar-refractivity contribution in [2.45, 2.75) is 19.4 Å². The van der Waals surface area contributed by atoms with Crippen LogP contribution in [-0.4, -0.2) is 27.8 Å². The lowest BCUT2D eigenvalue weighted by Crippen LogP contribution is -2.38. The van der Waals surface area contributed by atoms with Crippen molar-refractivity contribution in [1.29, 1.82) is 0 Å². The monoisotopic (exact) mass is 343 g/mol. The van der Waals surface area contributed by atoms with E-state index >= 15 is 0 Å². The molecule has 3 rings (SSSR count). The van der Waals surface area contributed by atoms with E-state index in [1.165, 1.54) is 11.3 Å². The number of aryl methyl sites for hydroxylation is 1. The van der Waals surface area contributed by atoms with Crippen LogP contribution in [0.25, 0.3) is 11.5 Å². The molecular weight excluding hydrogens is 326 g/mol. The average Bonchev–Trinajstić information content (AvgIpc) is 3.24. The summed E-state index contributed by atoms with van der Waals surface area (Å²) in [6.07, 6.45) is 0. The molecule has 0 aliphatic rings. The van der Waals surface area contributed by atoms with Crippen LogP contribution in [0.3, 0.4) is 0 Å². The molecule has 24 heavy (non-hydrogen) atoms. The van der Waals surface area contributed by atoms with Crippen LogP contribution >= 0.6 is 11.3 Å². The van der Waals surface area contributed by atoms with Crippen molar-refractivity contribution >= 4 is 17.2 Å². The lowest BCUT2D eigenvalue weighted by atomic mass is 10.0. The summed E-state index contributed by atoms with van der Waals surface area (Å²) in [5, 5.41) is 22.9. The second kappa shape index (κ2) is 6.54. The Bertz CT molecular complexity index is 840. The molecule has 0 bridgehead atoms. The fraction of sp³-hybridized carbons (Fsp3) is 0.235. The quantitative estimate of drug-likeness (QED) is 0.744. The topological polar surface area (TPSA) is 88.2 Å². The Kier molecular flexibility index (Phi) is 4.46. The molecule has 0 fully saturated rings.